The molecule has 0 saturated heterocycles. The van der Waals surface area contributed by atoms with Crippen LogP contribution in [0.2, 0.25) is 0 Å². The van der Waals surface area contributed by atoms with Crippen molar-refractivity contribution in [2.24, 2.45) is 0 Å². The molecule has 0 saturated carbocycles. The Bertz CT molecular complexity index is 1350. The van der Waals surface area contributed by atoms with E-state index in [1.165, 1.54) is 18.2 Å². The summed E-state index contributed by atoms with van der Waals surface area (Å²) in [6, 6.07) is 10.4. The lowest BCUT2D eigenvalue weighted by atomic mass is 9.95. The van der Waals surface area contributed by atoms with E-state index in [-0.39, 0.29) is 21.7 Å². The van der Waals surface area contributed by atoms with Crippen molar-refractivity contribution >= 4 is 44.3 Å². The maximum Gasteiger partial charge on any atom is 0.339 e. The molecule has 1 heterocycles. The van der Waals surface area contributed by atoms with Gasteiger partial charge < -0.3 is 10.2 Å². The van der Waals surface area contributed by atoms with E-state index in [0.29, 0.717) is 10.8 Å². The van der Waals surface area contributed by atoms with Gasteiger partial charge in [-0.05, 0) is 41.8 Å². The number of benzene rings is 3. The van der Waals surface area contributed by atoms with Crippen LogP contribution in [0.25, 0.3) is 10.8 Å². The molecule has 0 unspecified atom stereocenters. The van der Waals surface area contributed by atoms with Gasteiger partial charge >= 0.3 is 5.97 Å². The van der Waals surface area contributed by atoms with Crippen LogP contribution < -0.4 is 10.0 Å². The van der Waals surface area contributed by atoms with Crippen molar-refractivity contribution in [2.75, 3.05) is 4.72 Å². The van der Waals surface area contributed by atoms with Crippen LogP contribution in [-0.4, -0.2) is 36.4 Å². The summed E-state index contributed by atoms with van der Waals surface area (Å²) >= 11 is 0. The van der Waals surface area contributed by atoms with Gasteiger partial charge in [-0.25, -0.2) is 13.2 Å². The van der Waals surface area contributed by atoms with Crippen molar-refractivity contribution in [3.05, 3.63) is 65.2 Å². The molecule has 0 atom stereocenters. The van der Waals surface area contributed by atoms with Crippen molar-refractivity contribution in [3.8, 4) is 5.75 Å². The smallest absolute Gasteiger partial charge is 0.339 e. The van der Waals surface area contributed by atoms with Crippen LogP contribution in [0.4, 0.5) is 5.69 Å². The van der Waals surface area contributed by atoms with Crippen LogP contribution in [0, 0.1) is 0 Å². The number of hydrogen-bond donors (Lipinski definition) is 4. The molecule has 4 rings (SSSR count). The van der Waals surface area contributed by atoms with E-state index in [1.54, 1.807) is 12.1 Å². The molecule has 0 radical (unpaired) electrons. The van der Waals surface area contributed by atoms with Crippen molar-refractivity contribution in [2.45, 2.75) is 4.90 Å². The number of aromatic carboxylic acids is 1. The first-order chi connectivity index (χ1) is 13.7. The summed E-state index contributed by atoms with van der Waals surface area (Å²) in [5, 5.41) is 21.5. The van der Waals surface area contributed by atoms with Gasteiger partial charge in [-0.3, -0.25) is 19.6 Å². The lowest BCUT2D eigenvalue weighted by Crippen LogP contribution is -2.34. The second kappa shape index (κ2) is 6.31. The Hall–Kier alpha value is -3.92. The Morgan fingerprint density at radius 3 is 2.41 bits per heavy atom. The number of aromatic hydroxyl groups is 1. The first-order valence-electron chi connectivity index (χ1n) is 8.19. The average Bonchev–Trinajstić information content (AvgIpc) is 2.66. The highest BCUT2D eigenvalue weighted by Gasteiger charge is 2.27. The van der Waals surface area contributed by atoms with E-state index < -0.39 is 39.1 Å². The number of nitrogens with one attached hydrogen (secondary N) is 2. The number of carboxylic acid groups (broad SMARTS) is 1. The second-order valence-corrected chi connectivity index (χ2v) is 7.98. The predicted molar refractivity (Wildman–Crippen MR) is 102 cm³/mol. The van der Waals surface area contributed by atoms with Gasteiger partial charge in [0.25, 0.3) is 21.8 Å². The molecule has 2 amide bonds. The van der Waals surface area contributed by atoms with Gasteiger partial charge in [-0.2, -0.15) is 0 Å². The molecule has 0 aliphatic carbocycles. The van der Waals surface area contributed by atoms with Crippen LogP contribution in [0.5, 0.6) is 5.75 Å². The molecule has 1 aliphatic rings. The Balaban J connectivity index is 1.83. The van der Waals surface area contributed by atoms with Gasteiger partial charge in [0.2, 0.25) is 0 Å². The van der Waals surface area contributed by atoms with E-state index in [0.717, 1.165) is 18.2 Å². The highest BCUT2D eigenvalue weighted by Crippen LogP contribution is 2.31. The number of rotatable bonds is 4. The Labute approximate surface area is 163 Å². The van der Waals surface area contributed by atoms with Crippen LogP contribution in [0.15, 0.2) is 53.4 Å². The van der Waals surface area contributed by atoms with Crippen molar-refractivity contribution < 1.29 is 33.0 Å². The number of amides is 2. The monoisotopic (exact) mass is 412 g/mol. The number of phenols is 1. The molecule has 29 heavy (non-hydrogen) atoms. The number of hydrogen-bond acceptors (Lipinski definition) is 6. The van der Waals surface area contributed by atoms with E-state index in [2.05, 4.69) is 10.0 Å². The average molecular weight is 412 g/mol. The molecule has 0 spiro atoms. The van der Waals surface area contributed by atoms with Gasteiger partial charge in [-0.15, -0.1) is 0 Å². The third-order valence-corrected chi connectivity index (χ3v) is 5.82. The molecular weight excluding hydrogens is 400 g/mol. The Kier molecular flexibility index (Phi) is 4.01. The van der Waals surface area contributed by atoms with Gasteiger partial charge in [0, 0.05) is 22.2 Å². The SMILES string of the molecule is O=C(O)c1cc(NS(=O)(=O)c2cc3c4c(cccc4c2)C(=O)NC3=O)ccc1O. The molecule has 1 aliphatic heterocycles. The topological polar surface area (TPSA) is 150 Å². The fourth-order valence-electron chi connectivity index (χ4n) is 3.15. The van der Waals surface area contributed by atoms with E-state index in [4.69, 9.17) is 5.11 Å². The number of carboxylic acids is 1. The molecule has 0 fully saturated rings. The van der Waals surface area contributed by atoms with Gasteiger partial charge in [-0.1, -0.05) is 12.1 Å². The van der Waals surface area contributed by atoms with E-state index in [9.17, 15) is 27.9 Å². The van der Waals surface area contributed by atoms with E-state index >= 15 is 0 Å². The number of anilines is 1. The summed E-state index contributed by atoms with van der Waals surface area (Å²) in [6.45, 7) is 0. The maximum atomic E-state index is 12.8. The minimum atomic E-state index is -4.21. The fourth-order valence-corrected chi connectivity index (χ4v) is 4.26. The molecule has 9 nitrogen and oxygen atoms in total. The van der Waals surface area contributed by atoms with Crippen LogP contribution in [0.1, 0.15) is 31.1 Å². The lowest BCUT2D eigenvalue weighted by Gasteiger charge is -2.18. The standard InChI is InChI=1S/C19H12N2O7S/c22-15-5-4-10(7-13(15)19(25)26)21-29(27,28)11-6-9-2-1-3-12-16(9)14(8-11)18(24)20-17(12)23/h1-8,21-22H,(H,25,26)(H,20,23,24). The zero-order valence-corrected chi connectivity index (χ0v) is 15.3. The first kappa shape index (κ1) is 18.4. The zero-order chi connectivity index (χ0) is 20.9. The van der Waals surface area contributed by atoms with Crippen LogP contribution in [-0.2, 0) is 10.0 Å². The molecule has 3 aromatic carbocycles. The van der Waals surface area contributed by atoms with Crippen molar-refractivity contribution in [3.63, 3.8) is 0 Å². The lowest BCUT2D eigenvalue weighted by molar-refractivity contribution is 0.0692. The maximum absolute atomic E-state index is 12.8. The number of carbonyl (C=O) groups is 3. The molecule has 146 valence electrons. The Morgan fingerprint density at radius 2 is 1.69 bits per heavy atom. The van der Waals surface area contributed by atoms with Crippen molar-refractivity contribution in [1.29, 1.82) is 0 Å². The number of imide groups is 1. The third-order valence-electron chi connectivity index (χ3n) is 4.46. The fraction of sp³-hybridized carbons (Fsp3) is 0. The minimum absolute atomic E-state index is 0.0370. The molecule has 10 heteroatoms. The predicted octanol–water partition coefficient (Wildman–Crippen LogP) is 1.93. The highest BCUT2D eigenvalue weighted by molar-refractivity contribution is 7.92. The van der Waals surface area contributed by atoms with Gasteiger partial charge in [0.05, 0.1) is 4.90 Å². The summed E-state index contributed by atoms with van der Waals surface area (Å²) in [6.07, 6.45) is 0. The van der Waals surface area contributed by atoms with Gasteiger partial charge in [0.1, 0.15) is 11.3 Å². The Morgan fingerprint density at radius 1 is 0.966 bits per heavy atom. The number of sulfonamides is 1. The largest absolute Gasteiger partial charge is 0.507 e. The zero-order valence-electron chi connectivity index (χ0n) is 14.5. The third kappa shape index (κ3) is 3.05. The molecule has 3 aromatic rings. The minimum Gasteiger partial charge on any atom is -0.507 e. The summed E-state index contributed by atoms with van der Waals surface area (Å²) in [7, 11) is -4.21. The van der Waals surface area contributed by atoms with E-state index in [1.807, 2.05) is 0 Å². The molecule has 0 aromatic heterocycles. The van der Waals surface area contributed by atoms with Crippen molar-refractivity contribution in [1.82, 2.24) is 5.32 Å². The summed E-state index contributed by atoms with van der Waals surface area (Å²) in [4.78, 5) is 35.1. The number of carbonyl (C=O) groups excluding carboxylic acids is 2. The molecule has 0 bridgehead atoms. The summed E-state index contributed by atoms with van der Waals surface area (Å²) in [5.74, 6) is -3.21. The van der Waals surface area contributed by atoms with Crippen LogP contribution >= 0.6 is 0 Å². The quantitative estimate of drug-likeness (QED) is 0.378. The van der Waals surface area contributed by atoms with Gasteiger partial charge in [0.15, 0.2) is 0 Å². The molecular formula is C19H12N2O7S. The second-order valence-electron chi connectivity index (χ2n) is 6.30. The summed E-state index contributed by atoms with van der Waals surface area (Å²) in [5.41, 5.74) is -0.252. The summed E-state index contributed by atoms with van der Waals surface area (Å²) < 4.78 is 27.9. The van der Waals surface area contributed by atoms with Crippen LogP contribution in [0.3, 0.4) is 0 Å². The highest BCUT2D eigenvalue weighted by atomic mass is 32.2. The normalized spacial score (nSPS) is 13.2. The molecule has 4 N–H and O–H groups in total. The first-order valence-corrected chi connectivity index (χ1v) is 9.67.